The Morgan fingerprint density at radius 3 is 2.74 bits per heavy atom. The zero-order valence-electron chi connectivity index (χ0n) is 12.7. The van der Waals surface area contributed by atoms with Crippen molar-refractivity contribution in [2.75, 3.05) is 24.5 Å². The van der Waals surface area contributed by atoms with Crippen molar-refractivity contribution in [3.05, 3.63) is 29.8 Å². The first-order chi connectivity index (χ1) is 10.9. The number of thiazole rings is 1. The summed E-state index contributed by atoms with van der Waals surface area (Å²) in [6.45, 7) is 3.92. The Balaban J connectivity index is 1.61. The van der Waals surface area contributed by atoms with Gasteiger partial charge in [-0.05, 0) is 6.92 Å². The molecule has 0 unspecified atom stereocenters. The van der Waals surface area contributed by atoms with Crippen molar-refractivity contribution < 1.29 is 13.2 Å². The molecule has 2 aromatic heterocycles. The molecule has 0 saturated carbocycles. The first-order valence-electron chi connectivity index (χ1n) is 7.37. The second kappa shape index (κ2) is 6.48. The van der Waals surface area contributed by atoms with Crippen LogP contribution in [0.1, 0.15) is 12.7 Å². The van der Waals surface area contributed by atoms with E-state index in [9.17, 15) is 13.2 Å². The van der Waals surface area contributed by atoms with Gasteiger partial charge in [0.25, 0.3) is 0 Å². The van der Waals surface area contributed by atoms with Crippen molar-refractivity contribution in [2.24, 2.45) is 0 Å². The number of hydrogen-bond acceptors (Lipinski definition) is 5. The summed E-state index contributed by atoms with van der Waals surface area (Å²) in [5.41, 5.74) is 0. The van der Waals surface area contributed by atoms with Crippen LogP contribution in [0.2, 0.25) is 0 Å². The monoisotopic (exact) mass is 345 g/mol. The van der Waals surface area contributed by atoms with Gasteiger partial charge in [-0.15, -0.1) is 11.3 Å². The standard InChI is InChI=1S/C14H18F3N5S/c1-11-8-20(5-6-22(11)13-19-3-7-23-13)9-12-18-2-4-21(12)10-14(15,16)17/h2-4,7,11H,5-6,8-10H2,1H3/t11-/m1/s1. The zero-order valence-corrected chi connectivity index (χ0v) is 13.5. The summed E-state index contributed by atoms with van der Waals surface area (Å²) < 4.78 is 38.9. The Hall–Kier alpha value is -1.61. The fraction of sp³-hybridized carbons (Fsp3) is 0.571. The molecule has 1 fully saturated rings. The minimum absolute atomic E-state index is 0.265. The molecule has 1 aliphatic heterocycles. The van der Waals surface area contributed by atoms with Crippen LogP contribution in [0.4, 0.5) is 18.3 Å². The highest BCUT2D eigenvalue weighted by atomic mass is 32.1. The molecule has 2 aromatic rings. The van der Waals surface area contributed by atoms with Crippen LogP contribution >= 0.6 is 11.3 Å². The van der Waals surface area contributed by atoms with E-state index in [0.717, 1.165) is 24.8 Å². The van der Waals surface area contributed by atoms with Crippen molar-refractivity contribution >= 4 is 16.5 Å². The summed E-state index contributed by atoms with van der Waals surface area (Å²) in [5.74, 6) is 0.456. The average molecular weight is 345 g/mol. The molecule has 0 spiro atoms. The summed E-state index contributed by atoms with van der Waals surface area (Å²) in [4.78, 5) is 12.8. The van der Waals surface area contributed by atoms with Crippen molar-refractivity contribution in [2.45, 2.75) is 32.2 Å². The van der Waals surface area contributed by atoms with Crippen molar-refractivity contribution in [1.29, 1.82) is 0 Å². The number of piperazine rings is 1. The van der Waals surface area contributed by atoms with E-state index >= 15 is 0 Å². The van der Waals surface area contributed by atoms with Gasteiger partial charge in [0.15, 0.2) is 5.13 Å². The first kappa shape index (κ1) is 16.3. The average Bonchev–Trinajstić information content (AvgIpc) is 3.10. The van der Waals surface area contributed by atoms with Gasteiger partial charge >= 0.3 is 6.18 Å². The topological polar surface area (TPSA) is 37.2 Å². The van der Waals surface area contributed by atoms with E-state index in [4.69, 9.17) is 0 Å². The van der Waals surface area contributed by atoms with Crippen LogP contribution in [0.15, 0.2) is 24.0 Å². The minimum atomic E-state index is -4.23. The van der Waals surface area contributed by atoms with E-state index in [2.05, 4.69) is 26.7 Å². The molecule has 0 bridgehead atoms. The van der Waals surface area contributed by atoms with Gasteiger partial charge in [-0.3, -0.25) is 4.90 Å². The molecule has 0 N–H and O–H groups in total. The fourth-order valence-corrected chi connectivity index (χ4v) is 3.62. The number of nitrogens with zero attached hydrogens (tertiary/aromatic N) is 5. The second-order valence-corrected chi connectivity index (χ2v) is 6.55. The molecular weight excluding hydrogens is 327 g/mol. The molecule has 5 nitrogen and oxygen atoms in total. The van der Waals surface area contributed by atoms with E-state index in [0.29, 0.717) is 12.4 Å². The molecule has 0 radical (unpaired) electrons. The number of alkyl halides is 3. The highest BCUT2D eigenvalue weighted by molar-refractivity contribution is 7.13. The van der Waals surface area contributed by atoms with E-state index < -0.39 is 12.7 Å². The van der Waals surface area contributed by atoms with Crippen LogP contribution in [-0.2, 0) is 13.1 Å². The Morgan fingerprint density at radius 1 is 1.26 bits per heavy atom. The number of imidazole rings is 1. The maximum absolute atomic E-state index is 12.6. The predicted octanol–water partition coefficient (Wildman–Crippen LogP) is 2.61. The summed E-state index contributed by atoms with van der Waals surface area (Å²) in [6, 6.07) is 0.265. The molecule has 1 aliphatic rings. The van der Waals surface area contributed by atoms with Crippen LogP contribution in [0.5, 0.6) is 0 Å². The molecule has 0 aromatic carbocycles. The lowest BCUT2D eigenvalue weighted by Gasteiger charge is -2.39. The fourth-order valence-electron chi connectivity index (χ4n) is 2.85. The van der Waals surface area contributed by atoms with Gasteiger partial charge in [0.2, 0.25) is 0 Å². The smallest absolute Gasteiger partial charge is 0.343 e. The Bertz CT molecular complexity index is 625. The number of anilines is 1. The van der Waals surface area contributed by atoms with Gasteiger partial charge in [-0.25, -0.2) is 9.97 Å². The lowest BCUT2D eigenvalue weighted by molar-refractivity contribution is -0.141. The Kier molecular flexibility index (Phi) is 4.58. The molecule has 23 heavy (non-hydrogen) atoms. The van der Waals surface area contributed by atoms with Gasteiger partial charge in [0.1, 0.15) is 12.4 Å². The van der Waals surface area contributed by atoms with Crippen molar-refractivity contribution in [3.8, 4) is 0 Å². The van der Waals surface area contributed by atoms with E-state index in [1.165, 1.54) is 17.0 Å². The Labute approximate surface area is 136 Å². The predicted molar refractivity (Wildman–Crippen MR) is 82.5 cm³/mol. The van der Waals surface area contributed by atoms with Gasteiger partial charge in [-0.1, -0.05) is 0 Å². The van der Waals surface area contributed by atoms with Crippen LogP contribution in [-0.4, -0.2) is 51.3 Å². The highest BCUT2D eigenvalue weighted by Crippen LogP contribution is 2.24. The summed E-state index contributed by atoms with van der Waals surface area (Å²) >= 11 is 1.60. The van der Waals surface area contributed by atoms with Crippen LogP contribution in [0.25, 0.3) is 0 Å². The van der Waals surface area contributed by atoms with Crippen LogP contribution in [0.3, 0.4) is 0 Å². The number of halogens is 3. The quantitative estimate of drug-likeness (QED) is 0.854. The van der Waals surface area contributed by atoms with Gasteiger partial charge in [0.05, 0.1) is 6.54 Å². The Morgan fingerprint density at radius 2 is 2.09 bits per heavy atom. The van der Waals surface area contributed by atoms with Gasteiger partial charge < -0.3 is 9.47 Å². The van der Waals surface area contributed by atoms with Gasteiger partial charge in [-0.2, -0.15) is 13.2 Å². The molecule has 1 atom stereocenters. The van der Waals surface area contributed by atoms with E-state index in [-0.39, 0.29) is 6.04 Å². The SMILES string of the molecule is C[C@@H]1CN(Cc2nccn2CC(F)(F)F)CCN1c1nccs1. The highest BCUT2D eigenvalue weighted by Gasteiger charge is 2.30. The van der Waals surface area contributed by atoms with E-state index in [1.807, 2.05) is 5.38 Å². The van der Waals surface area contributed by atoms with Crippen molar-refractivity contribution in [3.63, 3.8) is 0 Å². The summed E-state index contributed by atoms with van der Waals surface area (Å²) in [6.07, 6.45) is 0.369. The third-order valence-corrected chi connectivity index (χ3v) is 4.70. The number of rotatable bonds is 4. The summed E-state index contributed by atoms with van der Waals surface area (Å²) in [7, 11) is 0. The third-order valence-electron chi connectivity index (χ3n) is 3.89. The minimum Gasteiger partial charge on any atom is -0.343 e. The zero-order chi connectivity index (χ0) is 16.4. The molecular formula is C14H18F3N5S. The molecule has 1 saturated heterocycles. The lowest BCUT2D eigenvalue weighted by atomic mass is 10.2. The summed E-state index contributed by atoms with van der Waals surface area (Å²) in [5, 5.41) is 2.94. The number of hydrogen-bond donors (Lipinski definition) is 0. The molecule has 0 aliphatic carbocycles. The molecule has 126 valence electrons. The van der Waals surface area contributed by atoms with Gasteiger partial charge in [0, 0.05) is 49.6 Å². The third kappa shape index (κ3) is 4.03. The molecule has 3 rings (SSSR count). The normalized spacial score (nSPS) is 20.2. The van der Waals surface area contributed by atoms with Crippen molar-refractivity contribution in [1.82, 2.24) is 19.4 Å². The van der Waals surface area contributed by atoms with E-state index in [1.54, 1.807) is 17.5 Å². The molecule has 3 heterocycles. The van der Waals surface area contributed by atoms with Crippen LogP contribution < -0.4 is 4.90 Å². The maximum Gasteiger partial charge on any atom is 0.406 e. The van der Waals surface area contributed by atoms with Crippen LogP contribution in [0, 0.1) is 0 Å². The largest absolute Gasteiger partial charge is 0.406 e. The molecule has 9 heteroatoms. The second-order valence-electron chi connectivity index (χ2n) is 5.68. The lowest BCUT2D eigenvalue weighted by Crippen LogP contribution is -2.51. The number of aromatic nitrogens is 3. The molecule has 0 amide bonds. The maximum atomic E-state index is 12.6. The first-order valence-corrected chi connectivity index (χ1v) is 8.25.